The molecule has 2 aromatic heterocycles. The van der Waals surface area contributed by atoms with E-state index < -0.39 is 5.41 Å². The second-order valence-corrected chi connectivity index (χ2v) is 23.1. The van der Waals surface area contributed by atoms with Gasteiger partial charge in [0.1, 0.15) is 0 Å². The predicted octanol–water partition coefficient (Wildman–Crippen LogP) is 21.8. The fourth-order valence-electron chi connectivity index (χ4n) is 15.0. The Morgan fingerprint density at radius 1 is 0.256 bits per heavy atom. The predicted molar refractivity (Wildman–Crippen MR) is 360 cm³/mol. The van der Waals surface area contributed by atoms with Gasteiger partial charge in [0.15, 0.2) is 0 Å². The lowest BCUT2D eigenvalue weighted by Gasteiger charge is -2.39. The third kappa shape index (κ3) is 7.09. The van der Waals surface area contributed by atoms with E-state index >= 15 is 0 Å². The second-order valence-electron chi connectivity index (χ2n) is 23.1. The summed E-state index contributed by atoms with van der Waals surface area (Å²) < 4.78 is 4.92. The molecule has 0 fully saturated rings. The molecule has 0 radical (unpaired) electrons. The molecule has 16 aromatic rings. The van der Waals surface area contributed by atoms with E-state index in [1.165, 1.54) is 116 Å². The smallest absolute Gasteiger partial charge is 0.0754 e. The van der Waals surface area contributed by atoms with E-state index in [9.17, 15) is 0 Å². The molecule has 0 saturated heterocycles. The maximum Gasteiger partial charge on any atom is 0.0754 e. The van der Waals surface area contributed by atoms with E-state index in [2.05, 4.69) is 336 Å². The largest absolute Gasteiger partial charge is 0.310 e. The standard InChI is InChI=1S/C83H53N3/c1-2-19-54(20-3-1)56-21-16-23-62(50-56)66-25-5-11-34-77(66)84(63-45-41-55(42-46-63)57-22-17-24-64(51-57)85-78-35-12-6-27-69(78)70-28-7-13-36-79(70)85)65-47-43-59-49-58(39-40-60(59)52-65)61-44-48-68-67-26-4-9-31-73(67)83(76(68)53-61)74-32-10-15-38-81(74)86-80-37-14-8-29-71(80)72-30-18-33-75(83)82(72)86/h1-53H. The number of benzene rings is 14. The van der Waals surface area contributed by atoms with Crippen molar-refractivity contribution < 1.29 is 0 Å². The monoisotopic (exact) mass is 1090 g/mol. The summed E-state index contributed by atoms with van der Waals surface area (Å²) in [6.07, 6.45) is 0. The van der Waals surface area contributed by atoms with Crippen molar-refractivity contribution in [1.82, 2.24) is 9.13 Å². The van der Waals surface area contributed by atoms with Gasteiger partial charge >= 0.3 is 0 Å². The van der Waals surface area contributed by atoms with Gasteiger partial charge in [-0.1, -0.05) is 237 Å². The molecule has 1 aliphatic carbocycles. The molecule has 3 heteroatoms. The van der Waals surface area contributed by atoms with Gasteiger partial charge in [-0.3, -0.25) is 0 Å². The summed E-state index contributed by atoms with van der Waals surface area (Å²) in [5, 5.41) is 7.44. The van der Waals surface area contributed by atoms with Crippen LogP contribution in [0.5, 0.6) is 0 Å². The molecule has 0 saturated carbocycles. The fourth-order valence-corrected chi connectivity index (χ4v) is 15.0. The summed E-state index contributed by atoms with van der Waals surface area (Å²) in [6.45, 7) is 0. The summed E-state index contributed by atoms with van der Waals surface area (Å²) in [4.78, 5) is 2.44. The van der Waals surface area contributed by atoms with Crippen LogP contribution in [-0.4, -0.2) is 9.13 Å². The highest BCUT2D eigenvalue weighted by atomic mass is 15.1. The Morgan fingerprint density at radius 2 is 0.756 bits per heavy atom. The molecule has 2 aliphatic rings. The van der Waals surface area contributed by atoms with E-state index in [0.29, 0.717) is 0 Å². The Kier molecular flexibility index (Phi) is 10.6. The molecule has 0 N–H and O–H groups in total. The normalized spacial score (nSPS) is 13.9. The first kappa shape index (κ1) is 48.3. The van der Waals surface area contributed by atoms with Crippen molar-refractivity contribution >= 4 is 71.4 Å². The van der Waals surface area contributed by atoms with Crippen molar-refractivity contribution in [3.63, 3.8) is 0 Å². The highest BCUT2D eigenvalue weighted by Gasteiger charge is 2.51. The van der Waals surface area contributed by atoms with Gasteiger partial charge in [-0.05, 0) is 168 Å². The van der Waals surface area contributed by atoms with E-state index in [1.807, 2.05) is 0 Å². The number of para-hydroxylation sites is 6. The van der Waals surface area contributed by atoms with E-state index in [0.717, 1.165) is 45.0 Å². The van der Waals surface area contributed by atoms with Crippen molar-refractivity contribution in [3.05, 3.63) is 344 Å². The number of fused-ring (bicyclic) bond motifs is 16. The SMILES string of the molecule is c1ccc(-c2cccc(-c3ccccc3N(c3ccc(-c4cccc(-n5c6ccccc6c6ccccc65)c4)cc3)c3ccc4cc(-c5ccc6c(c5)C5(c7ccccc7-6)c6ccccc6-n6c7ccccc7c7cccc5c76)ccc4c3)c2)cc1. The number of rotatable bonds is 8. The van der Waals surface area contributed by atoms with Gasteiger partial charge in [0, 0.05) is 44.2 Å². The Balaban J connectivity index is 0.760. The first-order chi connectivity index (χ1) is 42.7. The highest BCUT2D eigenvalue weighted by molar-refractivity contribution is 6.13. The van der Waals surface area contributed by atoms with Crippen LogP contribution < -0.4 is 4.90 Å². The zero-order chi connectivity index (χ0) is 56.5. The fraction of sp³-hybridized carbons (Fsp3) is 0.0120. The van der Waals surface area contributed by atoms with Crippen LogP contribution in [0.15, 0.2) is 322 Å². The van der Waals surface area contributed by atoms with Gasteiger partial charge in [0.2, 0.25) is 0 Å². The van der Waals surface area contributed by atoms with Gasteiger partial charge < -0.3 is 14.0 Å². The summed E-state index contributed by atoms with van der Waals surface area (Å²) in [5.74, 6) is 0. The van der Waals surface area contributed by atoms with Crippen molar-refractivity contribution in [2.24, 2.45) is 0 Å². The summed E-state index contributed by atoms with van der Waals surface area (Å²) in [5.41, 5.74) is 27.3. The van der Waals surface area contributed by atoms with Crippen molar-refractivity contribution in [2.75, 3.05) is 4.90 Å². The minimum Gasteiger partial charge on any atom is -0.310 e. The third-order valence-electron chi connectivity index (χ3n) is 18.7. The van der Waals surface area contributed by atoms with Gasteiger partial charge in [-0.15, -0.1) is 0 Å². The van der Waals surface area contributed by atoms with Crippen molar-refractivity contribution in [3.8, 4) is 67.0 Å². The Bertz CT molecular complexity index is 5380. The van der Waals surface area contributed by atoms with Crippen LogP contribution in [0.1, 0.15) is 22.3 Å². The van der Waals surface area contributed by atoms with Crippen LogP contribution in [0.2, 0.25) is 0 Å². The first-order valence-corrected chi connectivity index (χ1v) is 29.8. The zero-order valence-electron chi connectivity index (χ0n) is 46.9. The van der Waals surface area contributed by atoms with Crippen molar-refractivity contribution in [2.45, 2.75) is 5.41 Å². The molecule has 400 valence electrons. The van der Waals surface area contributed by atoms with Crippen LogP contribution in [0, 0.1) is 0 Å². The number of hydrogen-bond acceptors (Lipinski definition) is 1. The number of anilines is 3. The number of aromatic nitrogens is 2. The summed E-state index contributed by atoms with van der Waals surface area (Å²) >= 11 is 0. The molecule has 3 nitrogen and oxygen atoms in total. The Morgan fingerprint density at radius 3 is 1.56 bits per heavy atom. The van der Waals surface area contributed by atoms with Crippen LogP contribution in [0.25, 0.3) is 121 Å². The van der Waals surface area contributed by atoms with Gasteiger partial charge in [0.25, 0.3) is 0 Å². The van der Waals surface area contributed by atoms with Gasteiger partial charge in [-0.25, -0.2) is 0 Å². The van der Waals surface area contributed by atoms with Crippen LogP contribution >= 0.6 is 0 Å². The molecule has 86 heavy (non-hydrogen) atoms. The molecule has 1 aliphatic heterocycles. The van der Waals surface area contributed by atoms with Crippen molar-refractivity contribution in [1.29, 1.82) is 0 Å². The van der Waals surface area contributed by atoms with Gasteiger partial charge in [0.05, 0.1) is 38.9 Å². The molecule has 0 bridgehead atoms. The van der Waals surface area contributed by atoms with Crippen LogP contribution in [-0.2, 0) is 5.41 Å². The second kappa shape index (κ2) is 18.9. The van der Waals surface area contributed by atoms with Gasteiger partial charge in [-0.2, -0.15) is 0 Å². The molecule has 0 amide bonds. The maximum absolute atomic E-state index is 2.52. The van der Waals surface area contributed by atoms with E-state index in [4.69, 9.17) is 0 Å². The maximum atomic E-state index is 2.52. The molecule has 1 unspecified atom stereocenters. The number of nitrogens with zero attached hydrogens (tertiary/aromatic N) is 3. The van der Waals surface area contributed by atoms with E-state index in [1.54, 1.807) is 0 Å². The molecular weight excluding hydrogens is 1040 g/mol. The molecule has 18 rings (SSSR count). The quantitative estimate of drug-likeness (QED) is 0.148. The Hall–Kier alpha value is -11.3. The van der Waals surface area contributed by atoms with Crippen LogP contribution in [0.3, 0.4) is 0 Å². The topological polar surface area (TPSA) is 13.1 Å². The Labute approximate surface area is 498 Å². The first-order valence-electron chi connectivity index (χ1n) is 29.8. The molecule has 14 aromatic carbocycles. The summed E-state index contributed by atoms with van der Waals surface area (Å²) in [7, 11) is 0. The van der Waals surface area contributed by atoms with E-state index in [-0.39, 0.29) is 0 Å². The average Bonchev–Trinajstić information content (AvgIpc) is 1.48. The lowest BCUT2D eigenvalue weighted by atomic mass is 9.65. The van der Waals surface area contributed by atoms with Crippen LogP contribution in [0.4, 0.5) is 17.1 Å². The molecule has 3 heterocycles. The number of hydrogen-bond donors (Lipinski definition) is 0. The molecule has 1 atom stereocenters. The summed E-state index contributed by atoms with van der Waals surface area (Å²) in [6, 6.07) is 119. The highest BCUT2D eigenvalue weighted by Crippen LogP contribution is 2.61. The molecular formula is C83H53N3. The average molecular weight is 1090 g/mol. The zero-order valence-corrected chi connectivity index (χ0v) is 46.9. The minimum absolute atomic E-state index is 0.521. The minimum atomic E-state index is -0.521. The molecule has 1 spiro atoms. The lowest BCUT2D eigenvalue weighted by molar-refractivity contribution is 0.749. The third-order valence-corrected chi connectivity index (χ3v) is 18.7. The lowest BCUT2D eigenvalue weighted by Crippen LogP contribution is -2.33.